The summed E-state index contributed by atoms with van der Waals surface area (Å²) >= 11 is 1.39. The number of carbonyl (C=O) groups excluding carboxylic acids is 2. The van der Waals surface area contributed by atoms with Crippen molar-refractivity contribution in [3.8, 4) is 0 Å². The van der Waals surface area contributed by atoms with Gasteiger partial charge in [-0.25, -0.2) is 4.79 Å². The molecule has 3 aromatic rings. The van der Waals surface area contributed by atoms with E-state index in [0.29, 0.717) is 17.8 Å². The van der Waals surface area contributed by atoms with Gasteiger partial charge in [0.05, 0.1) is 16.4 Å². The molecule has 3 rings (SSSR count). The van der Waals surface area contributed by atoms with E-state index in [4.69, 9.17) is 0 Å². The molecule has 1 unspecified atom stereocenters. The molecule has 1 aromatic heterocycles. The van der Waals surface area contributed by atoms with Crippen LogP contribution in [-0.2, 0) is 4.79 Å². The van der Waals surface area contributed by atoms with Crippen molar-refractivity contribution in [2.75, 3.05) is 10.6 Å². The van der Waals surface area contributed by atoms with Crippen LogP contribution in [0.25, 0.3) is 0 Å². The van der Waals surface area contributed by atoms with E-state index in [1.54, 1.807) is 54.9 Å². The van der Waals surface area contributed by atoms with Crippen molar-refractivity contribution >= 4 is 40.9 Å². The Bertz CT molecular complexity index is 1090. The number of pyridine rings is 1. The lowest BCUT2D eigenvalue weighted by atomic mass is 10.1. The van der Waals surface area contributed by atoms with Gasteiger partial charge in [0.15, 0.2) is 0 Å². The number of carboxylic acids is 1. The molecule has 8 heteroatoms. The van der Waals surface area contributed by atoms with Crippen LogP contribution in [0.15, 0.2) is 78.0 Å². The number of nitrogens with one attached hydrogen (secondary N) is 2. The van der Waals surface area contributed by atoms with Crippen molar-refractivity contribution in [2.45, 2.75) is 23.5 Å². The maximum absolute atomic E-state index is 12.6. The quantitative estimate of drug-likeness (QED) is 0.448. The lowest BCUT2D eigenvalue weighted by molar-refractivity contribution is -0.115. The van der Waals surface area contributed by atoms with E-state index < -0.39 is 11.9 Å². The van der Waals surface area contributed by atoms with Gasteiger partial charge in [-0.3, -0.25) is 14.6 Å². The number of aromatic nitrogens is 1. The fourth-order valence-electron chi connectivity index (χ4n) is 2.86. The molecule has 7 nitrogen and oxygen atoms in total. The first-order valence-corrected chi connectivity index (χ1v) is 10.5. The highest BCUT2D eigenvalue weighted by Gasteiger charge is 2.19. The second-order valence-electron chi connectivity index (χ2n) is 6.57. The topological polar surface area (TPSA) is 108 Å². The molecule has 0 saturated carbocycles. The van der Waals surface area contributed by atoms with Gasteiger partial charge >= 0.3 is 5.97 Å². The van der Waals surface area contributed by atoms with Crippen LogP contribution in [0.3, 0.4) is 0 Å². The largest absolute Gasteiger partial charge is 0.478 e. The fourth-order valence-corrected chi connectivity index (χ4v) is 3.87. The molecule has 2 aromatic carbocycles. The van der Waals surface area contributed by atoms with Crippen LogP contribution < -0.4 is 10.6 Å². The summed E-state index contributed by atoms with van der Waals surface area (Å²) < 4.78 is 0. The minimum absolute atomic E-state index is 0.0654. The van der Waals surface area contributed by atoms with Gasteiger partial charge in [0.2, 0.25) is 5.91 Å². The number of anilines is 2. The lowest BCUT2D eigenvalue weighted by Gasteiger charge is -2.15. The predicted molar refractivity (Wildman–Crippen MR) is 121 cm³/mol. The Morgan fingerprint density at radius 1 is 0.935 bits per heavy atom. The Morgan fingerprint density at radius 2 is 1.65 bits per heavy atom. The van der Waals surface area contributed by atoms with E-state index >= 15 is 0 Å². The normalized spacial score (nSPS) is 11.4. The van der Waals surface area contributed by atoms with Crippen LogP contribution in [0.5, 0.6) is 0 Å². The number of aromatic carboxylic acids is 1. The molecule has 31 heavy (non-hydrogen) atoms. The maximum atomic E-state index is 12.6. The Morgan fingerprint density at radius 3 is 2.32 bits per heavy atom. The van der Waals surface area contributed by atoms with E-state index in [0.717, 1.165) is 4.90 Å². The fraction of sp³-hybridized carbons (Fsp3) is 0.130. The molecule has 0 radical (unpaired) electrons. The van der Waals surface area contributed by atoms with Gasteiger partial charge in [-0.05, 0) is 48.9 Å². The van der Waals surface area contributed by atoms with Gasteiger partial charge in [-0.2, -0.15) is 0 Å². The summed E-state index contributed by atoms with van der Waals surface area (Å²) in [5.41, 5.74) is 1.21. The van der Waals surface area contributed by atoms with Crippen molar-refractivity contribution in [3.63, 3.8) is 0 Å². The second-order valence-corrected chi connectivity index (χ2v) is 7.85. The zero-order valence-electron chi connectivity index (χ0n) is 16.7. The van der Waals surface area contributed by atoms with Crippen molar-refractivity contribution in [1.82, 2.24) is 4.98 Å². The molecule has 0 saturated heterocycles. The molecule has 0 spiro atoms. The van der Waals surface area contributed by atoms with Crippen LogP contribution in [0.1, 0.15) is 34.1 Å². The van der Waals surface area contributed by atoms with Crippen molar-refractivity contribution in [3.05, 3.63) is 84.2 Å². The van der Waals surface area contributed by atoms with Crippen molar-refractivity contribution in [1.29, 1.82) is 0 Å². The zero-order valence-corrected chi connectivity index (χ0v) is 17.6. The smallest absolute Gasteiger partial charge is 0.336 e. The minimum atomic E-state index is -1.17. The molecule has 0 fully saturated rings. The molecule has 1 atom stereocenters. The molecule has 0 bridgehead atoms. The zero-order chi connectivity index (χ0) is 22.2. The third-order valence-electron chi connectivity index (χ3n) is 4.38. The van der Waals surface area contributed by atoms with Crippen molar-refractivity contribution < 1.29 is 19.5 Å². The minimum Gasteiger partial charge on any atom is -0.478 e. The number of nitrogens with zero attached hydrogens (tertiary/aromatic N) is 1. The van der Waals surface area contributed by atoms with Gasteiger partial charge in [-0.15, -0.1) is 11.8 Å². The van der Waals surface area contributed by atoms with Gasteiger partial charge in [-0.1, -0.05) is 25.1 Å². The molecule has 2 amide bonds. The van der Waals surface area contributed by atoms with Crippen LogP contribution in [-0.4, -0.2) is 33.1 Å². The van der Waals surface area contributed by atoms with Crippen LogP contribution in [0.4, 0.5) is 11.4 Å². The van der Waals surface area contributed by atoms with Gasteiger partial charge < -0.3 is 15.7 Å². The number of carboxylic acid groups (broad SMARTS) is 1. The first-order valence-electron chi connectivity index (χ1n) is 9.59. The van der Waals surface area contributed by atoms with Gasteiger partial charge in [0.1, 0.15) is 0 Å². The number of carbonyl (C=O) groups is 3. The molecule has 0 aliphatic heterocycles. The summed E-state index contributed by atoms with van der Waals surface area (Å²) in [5.74, 6) is -1.80. The standard InChI is InChI=1S/C23H21N3O4S/c1-2-20(22(28)25-15-10-12-24-13-11-15)31-17-7-5-6-16(14-17)26-21(27)18-8-3-4-9-19(18)23(29)30/h3-14,20H,2H2,1H3,(H,26,27)(H,29,30)(H,24,25,28). The van der Waals surface area contributed by atoms with E-state index in [1.165, 1.54) is 23.9 Å². The van der Waals surface area contributed by atoms with Crippen LogP contribution >= 0.6 is 11.8 Å². The van der Waals surface area contributed by atoms with Crippen LogP contribution in [0.2, 0.25) is 0 Å². The van der Waals surface area contributed by atoms with E-state index in [9.17, 15) is 19.5 Å². The number of hydrogen-bond acceptors (Lipinski definition) is 5. The Labute approximate surface area is 183 Å². The highest BCUT2D eigenvalue weighted by molar-refractivity contribution is 8.00. The molecule has 1 heterocycles. The summed E-state index contributed by atoms with van der Waals surface area (Å²) in [4.78, 5) is 41.3. The number of rotatable bonds is 8. The molecule has 158 valence electrons. The number of amides is 2. The van der Waals surface area contributed by atoms with E-state index in [2.05, 4.69) is 15.6 Å². The summed E-state index contributed by atoms with van der Waals surface area (Å²) in [6, 6.07) is 16.6. The van der Waals surface area contributed by atoms with Crippen molar-refractivity contribution in [2.24, 2.45) is 0 Å². The number of thioether (sulfide) groups is 1. The third kappa shape index (κ3) is 5.93. The highest BCUT2D eigenvalue weighted by Crippen LogP contribution is 2.29. The SMILES string of the molecule is CCC(Sc1cccc(NC(=O)c2ccccc2C(=O)O)c1)C(=O)Nc1ccncc1. The number of hydrogen-bond donors (Lipinski definition) is 3. The maximum Gasteiger partial charge on any atom is 0.336 e. The summed E-state index contributed by atoms with van der Waals surface area (Å²) in [5, 5.41) is 14.6. The summed E-state index contributed by atoms with van der Waals surface area (Å²) in [7, 11) is 0. The van der Waals surface area contributed by atoms with Crippen LogP contribution in [0, 0.1) is 0 Å². The highest BCUT2D eigenvalue weighted by atomic mass is 32.2. The lowest BCUT2D eigenvalue weighted by Crippen LogP contribution is -2.24. The Kier molecular flexibility index (Phi) is 7.40. The molecule has 0 aliphatic rings. The third-order valence-corrected chi connectivity index (χ3v) is 5.74. The summed E-state index contributed by atoms with van der Waals surface area (Å²) in [6.45, 7) is 1.93. The molecular formula is C23H21N3O4S. The number of benzene rings is 2. The van der Waals surface area contributed by atoms with Gasteiger partial charge in [0, 0.05) is 28.7 Å². The molecule has 0 aliphatic carbocycles. The van der Waals surface area contributed by atoms with Gasteiger partial charge in [0.25, 0.3) is 5.91 Å². The van der Waals surface area contributed by atoms with E-state index in [-0.39, 0.29) is 22.3 Å². The average molecular weight is 436 g/mol. The first-order chi connectivity index (χ1) is 15.0. The predicted octanol–water partition coefficient (Wildman–Crippen LogP) is 4.54. The van der Waals surface area contributed by atoms with E-state index in [1.807, 2.05) is 13.0 Å². The summed E-state index contributed by atoms with van der Waals surface area (Å²) in [6.07, 6.45) is 3.83. The molecular weight excluding hydrogens is 414 g/mol. The second kappa shape index (κ2) is 10.4. The molecule has 3 N–H and O–H groups in total. The average Bonchev–Trinajstić information content (AvgIpc) is 2.78. The Hall–Kier alpha value is -3.65. The monoisotopic (exact) mass is 435 g/mol. The first kappa shape index (κ1) is 22.0. The Balaban J connectivity index is 1.70.